The quantitative estimate of drug-likeness (QED) is 0.570. The molecule has 2 nitrogen and oxygen atoms in total. The largest absolute Gasteiger partial charge is 0.298 e. The third-order valence-electron chi connectivity index (χ3n) is 3.70. The molecule has 0 N–H and O–H groups in total. The van der Waals surface area contributed by atoms with Crippen molar-refractivity contribution < 1.29 is 4.79 Å². The summed E-state index contributed by atoms with van der Waals surface area (Å²) >= 11 is 0. The molecule has 2 fully saturated rings. The summed E-state index contributed by atoms with van der Waals surface area (Å²) in [7, 11) is 0. The Bertz CT molecular complexity index is 258. The second kappa shape index (κ2) is 3.14. The van der Waals surface area contributed by atoms with Crippen molar-refractivity contribution in [2.24, 2.45) is 11.3 Å². The van der Waals surface area contributed by atoms with Gasteiger partial charge in [-0.3, -0.25) is 4.79 Å². The molecule has 70 valence electrons. The van der Waals surface area contributed by atoms with Gasteiger partial charge in [0.25, 0.3) is 0 Å². The fourth-order valence-corrected chi connectivity index (χ4v) is 2.94. The average molecular weight is 177 g/mol. The van der Waals surface area contributed by atoms with Crippen LogP contribution in [-0.2, 0) is 4.79 Å². The fraction of sp³-hybridized carbons (Fsp3) is 0.818. The van der Waals surface area contributed by atoms with Gasteiger partial charge in [-0.05, 0) is 25.7 Å². The van der Waals surface area contributed by atoms with Crippen LogP contribution in [0.2, 0.25) is 0 Å². The number of Topliss-reactive ketones (excluding diaryl/α,β-unsaturated/α-hetero) is 1. The van der Waals surface area contributed by atoms with Gasteiger partial charge in [-0.25, -0.2) is 0 Å². The molecule has 2 aliphatic rings. The van der Waals surface area contributed by atoms with Crippen molar-refractivity contribution >= 4 is 5.78 Å². The third-order valence-corrected chi connectivity index (χ3v) is 3.70. The molecule has 0 radical (unpaired) electrons. The Kier molecular flexibility index (Phi) is 2.11. The molecule has 2 aliphatic carbocycles. The summed E-state index contributed by atoms with van der Waals surface area (Å²) < 4.78 is 0. The molecule has 2 heteroatoms. The number of carbonyl (C=O) groups is 1. The van der Waals surface area contributed by atoms with E-state index < -0.39 is 0 Å². The Hall–Kier alpha value is -0.840. The van der Waals surface area contributed by atoms with Crippen LogP contribution in [0.1, 0.15) is 44.9 Å². The Morgan fingerprint density at radius 1 is 1.23 bits per heavy atom. The molecule has 0 heterocycles. The molecule has 13 heavy (non-hydrogen) atoms. The minimum atomic E-state index is -0.285. The molecular formula is C11H15NO. The van der Waals surface area contributed by atoms with Crippen LogP contribution in [-0.4, -0.2) is 5.78 Å². The maximum Gasteiger partial charge on any atom is 0.156 e. The lowest BCUT2D eigenvalue weighted by atomic mass is 9.68. The topological polar surface area (TPSA) is 40.9 Å². The predicted molar refractivity (Wildman–Crippen MR) is 48.9 cm³/mol. The molecule has 2 rings (SSSR count). The van der Waals surface area contributed by atoms with Crippen molar-refractivity contribution in [2.45, 2.75) is 44.9 Å². The van der Waals surface area contributed by atoms with Gasteiger partial charge in [-0.15, -0.1) is 0 Å². The van der Waals surface area contributed by atoms with Gasteiger partial charge in [0.2, 0.25) is 0 Å². The molecule has 1 unspecified atom stereocenters. The zero-order valence-corrected chi connectivity index (χ0v) is 7.88. The number of nitriles is 1. The maximum atomic E-state index is 12.0. The lowest BCUT2D eigenvalue weighted by molar-refractivity contribution is -0.133. The van der Waals surface area contributed by atoms with E-state index in [1.165, 1.54) is 12.8 Å². The maximum absolute atomic E-state index is 12.0. The second-order valence-electron chi connectivity index (χ2n) is 4.43. The van der Waals surface area contributed by atoms with Crippen LogP contribution in [0.4, 0.5) is 0 Å². The zero-order valence-electron chi connectivity index (χ0n) is 7.88. The van der Waals surface area contributed by atoms with Crippen LogP contribution in [0.3, 0.4) is 0 Å². The first kappa shape index (κ1) is 8.74. The molecule has 0 amide bonds. The van der Waals surface area contributed by atoms with E-state index in [1.54, 1.807) is 0 Å². The van der Waals surface area contributed by atoms with Gasteiger partial charge in [0.15, 0.2) is 5.78 Å². The molecule has 0 aromatic rings. The summed E-state index contributed by atoms with van der Waals surface area (Å²) in [5.41, 5.74) is -0.0569. The summed E-state index contributed by atoms with van der Waals surface area (Å²) in [5.74, 6) is -0.0226. The van der Waals surface area contributed by atoms with E-state index in [1.807, 2.05) is 0 Å². The predicted octanol–water partition coefficient (Wildman–Crippen LogP) is 2.44. The third kappa shape index (κ3) is 1.27. The van der Waals surface area contributed by atoms with Crippen LogP contribution < -0.4 is 0 Å². The summed E-state index contributed by atoms with van der Waals surface area (Å²) in [4.78, 5) is 12.0. The van der Waals surface area contributed by atoms with Crippen LogP contribution in [0.15, 0.2) is 0 Å². The van der Waals surface area contributed by atoms with Gasteiger partial charge in [-0.1, -0.05) is 19.3 Å². The average Bonchev–Trinajstić information content (AvgIpc) is 2.60. The van der Waals surface area contributed by atoms with Gasteiger partial charge in [0.1, 0.15) is 5.92 Å². The van der Waals surface area contributed by atoms with Crippen molar-refractivity contribution in [1.82, 2.24) is 0 Å². The van der Waals surface area contributed by atoms with E-state index in [0.29, 0.717) is 0 Å². The highest BCUT2D eigenvalue weighted by Gasteiger charge is 2.46. The monoisotopic (exact) mass is 177 g/mol. The molecule has 0 aromatic carbocycles. The Labute approximate surface area is 78.9 Å². The normalized spacial score (nSPS) is 31.9. The van der Waals surface area contributed by atoms with E-state index in [0.717, 1.165) is 32.1 Å². The minimum absolute atomic E-state index is 0.0569. The molecular weight excluding hydrogens is 162 g/mol. The number of hydrogen-bond donors (Lipinski definition) is 0. The highest BCUT2D eigenvalue weighted by Crippen LogP contribution is 2.48. The summed E-state index contributed by atoms with van der Waals surface area (Å²) in [5, 5.41) is 8.83. The van der Waals surface area contributed by atoms with Gasteiger partial charge in [0, 0.05) is 5.41 Å². The second-order valence-corrected chi connectivity index (χ2v) is 4.43. The first-order valence-electron chi connectivity index (χ1n) is 5.22. The van der Waals surface area contributed by atoms with Crippen LogP contribution in [0.25, 0.3) is 0 Å². The van der Waals surface area contributed by atoms with Crippen molar-refractivity contribution in [3.05, 3.63) is 0 Å². The lowest BCUT2D eigenvalue weighted by Crippen LogP contribution is -2.37. The molecule has 0 bridgehead atoms. The Morgan fingerprint density at radius 2 is 1.85 bits per heavy atom. The van der Waals surface area contributed by atoms with Gasteiger partial charge >= 0.3 is 0 Å². The van der Waals surface area contributed by atoms with Crippen LogP contribution in [0, 0.1) is 22.7 Å². The lowest BCUT2D eigenvalue weighted by Gasteiger charge is -2.33. The summed E-state index contributed by atoms with van der Waals surface area (Å²) in [6.45, 7) is 0. The van der Waals surface area contributed by atoms with E-state index in [-0.39, 0.29) is 17.1 Å². The van der Waals surface area contributed by atoms with Crippen LogP contribution >= 0.6 is 0 Å². The van der Waals surface area contributed by atoms with E-state index >= 15 is 0 Å². The Balaban J connectivity index is 2.20. The minimum Gasteiger partial charge on any atom is -0.298 e. The van der Waals surface area contributed by atoms with Crippen LogP contribution in [0.5, 0.6) is 0 Å². The van der Waals surface area contributed by atoms with Gasteiger partial charge in [0.05, 0.1) is 6.07 Å². The van der Waals surface area contributed by atoms with Crippen molar-refractivity contribution in [3.8, 4) is 6.07 Å². The van der Waals surface area contributed by atoms with E-state index in [2.05, 4.69) is 6.07 Å². The van der Waals surface area contributed by atoms with Crippen molar-refractivity contribution in [2.75, 3.05) is 0 Å². The molecule has 2 saturated carbocycles. The van der Waals surface area contributed by atoms with Crippen molar-refractivity contribution in [1.29, 1.82) is 5.26 Å². The summed E-state index contributed by atoms with van der Waals surface area (Å²) in [6, 6.07) is 2.16. The molecule has 0 aliphatic heterocycles. The van der Waals surface area contributed by atoms with Gasteiger partial charge < -0.3 is 0 Å². The smallest absolute Gasteiger partial charge is 0.156 e. The zero-order chi connectivity index (χ0) is 9.31. The van der Waals surface area contributed by atoms with E-state index in [4.69, 9.17) is 5.26 Å². The molecule has 0 saturated heterocycles. The van der Waals surface area contributed by atoms with Gasteiger partial charge in [-0.2, -0.15) is 5.26 Å². The SMILES string of the molecule is N#CC1CCCC2(CCCC2)C1=O. The first-order chi connectivity index (χ1) is 6.28. The highest BCUT2D eigenvalue weighted by atomic mass is 16.1. The molecule has 1 atom stereocenters. The molecule has 0 aromatic heterocycles. The number of rotatable bonds is 0. The molecule has 1 spiro atoms. The number of hydrogen-bond acceptors (Lipinski definition) is 2. The van der Waals surface area contributed by atoms with Crippen molar-refractivity contribution in [3.63, 3.8) is 0 Å². The highest BCUT2D eigenvalue weighted by molar-refractivity contribution is 5.89. The number of nitrogens with zero attached hydrogens (tertiary/aromatic N) is 1. The number of carbonyl (C=O) groups excluding carboxylic acids is 1. The number of ketones is 1. The summed E-state index contributed by atoms with van der Waals surface area (Å²) in [6.07, 6.45) is 7.38. The van der Waals surface area contributed by atoms with E-state index in [9.17, 15) is 4.79 Å². The Morgan fingerprint density at radius 3 is 2.46 bits per heavy atom. The first-order valence-corrected chi connectivity index (χ1v) is 5.22. The standard InChI is InChI=1S/C11H15NO/c12-8-9-4-3-7-11(10(9)13)5-1-2-6-11/h9H,1-7H2. The fourth-order valence-electron chi connectivity index (χ4n) is 2.94.